The van der Waals surface area contributed by atoms with Crippen LogP contribution in [0.15, 0.2) is 17.0 Å². The predicted molar refractivity (Wildman–Crippen MR) is 39.7 cm³/mol. The first-order chi connectivity index (χ1) is 5.82. The second kappa shape index (κ2) is 3.19. The van der Waals surface area contributed by atoms with Gasteiger partial charge in [0.2, 0.25) is 0 Å². The van der Waals surface area contributed by atoms with Crippen molar-refractivity contribution in [1.29, 1.82) is 0 Å². The Bertz CT molecular complexity index is 420. The van der Waals surface area contributed by atoms with Crippen molar-refractivity contribution in [2.24, 2.45) is 0 Å². The summed E-state index contributed by atoms with van der Waals surface area (Å²) in [5.74, 6) is -2.92. The van der Waals surface area contributed by atoms with Gasteiger partial charge in [-0.25, -0.2) is 8.78 Å². The molecule has 0 aliphatic heterocycles. The van der Waals surface area contributed by atoms with E-state index >= 15 is 0 Å². The highest BCUT2D eigenvalue weighted by Gasteiger charge is 2.17. The largest absolute Gasteiger partial charge is 0.332 e. The molecule has 0 fully saturated rings. The monoisotopic (exact) mass is 230 g/mol. The average Bonchev–Trinajstić information content (AvgIpc) is 1.97. The van der Waals surface area contributed by atoms with Gasteiger partial charge in [0.05, 0.1) is 5.02 Å². The Morgan fingerprint density at radius 1 is 1.23 bits per heavy atom. The number of benzene rings is 1. The molecular formula is C6H2ClF3O2S. The van der Waals surface area contributed by atoms with Crippen LogP contribution >= 0.6 is 11.6 Å². The van der Waals surface area contributed by atoms with Crippen LogP contribution in [-0.2, 0) is 10.2 Å². The van der Waals surface area contributed by atoms with E-state index in [9.17, 15) is 21.1 Å². The van der Waals surface area contributed by atoms with Gasteiger partial charge in [0, 0.05) is 0 Å². The van der Waals surface area contributed by atoms with Crippen LogP contribution in [0.25, 0.3) is 0 Å². The van der Waals surface area contributed by atoms with Gasteiger partial charge in [-0.2, -0.15) is 8.42 Å². The molecule has 0 spiro atoms. The molecule has 0 bridgehead atoms. The summed E-state index contributed by atoms with van der Waals surface area (Å²) in [4.78, 5) is -1.00. The summed E-state index contributed by atoms with van der Waals surface area (Å²) < 4.78 is 57.7. The summed E-state index contributed by atoms with van der Waals surface area (Å²) in [6, 6.07) is 0.714. The molecule has 13 heavy (non-hydrogen) atoms. The van der Waals surface area contributed by atoms with Crippen LogP contribution in [0.3, 0.4) is 0 Å². The smallest absolute Gasteiger partial charge is 0.204 e. The number of hydrogen-bond donors (Lipinski definition) is 0. The highest BCUT2D eigenvalue weighted by atomic mass is 35.5. The molecule has 0 saturated carbocycles. The van der Waals surface area contributed by atoms with E-state index in [1.807, 2.05) is 0 Å². The minimum atomic E-state index is -5.06. The molecule has 0 heterocycles. The third kappa shape index (κ3) is 2.13. The standard InChI is InChI=1S/C6H2ClF3O2S/c7-4-1-3(13(10,11)12)2-5(8)6(4)9/h1-2H. The molecule has 0 unspecified atom stereocenters. The summed E-state index contributed by atoms with van der Waals surface area (Å²) >= 11 is 5.08. The Balaban J connectivity index is 3.47. The molecule has 0 radical (unpaired) electrons. The van der Waals surface area contributed by atoms with Gasteiger partial charge in [0.25, 0.3) is 0 Å². The Morgan fingerprint density at radius 2 is 1.77 bits per heavy atom. The van der Waals surface area contributed by atoms with E-state index in [0.29, 0.717) is 6.07 Å². The summed E-state index contributed by atoms with van der Waals surface area (Å²) in [7, 11) is -5.06. The zero-order valence-electron chi connectivity index (χ0n) is 5.89. The highest BCUT2D eigenvalue weighted by Crippen LogP contribution is 2.23. The molecule has 0 N–H and O–H groups in total. The van der Waals surface area contributed by atoms with E-state index in [2.05, 4.69) is 0 Å². The Kier molecular flexibility index (Phi) is 2.53. The lowest BCUT2D eigenvalue weighted by Crippen LogP contribution is -1.95. The zero-order valence-corrected chi connectivity index (χ0v) is 7.46. The maximum Gasteiger partial charge on any atom is 0.332 e. The van der Waals surface area contributed by atoms with Crippen molar-refractivity contribution in [1.82, 2.24) is 0 Å². The van der Waals surface area contributed by atoms with Gasteiger partial charge in [-0.15, -0.1) is 3.89 Å². The quantitative estimate of drug-likeness (QED) is 0.548. The zero-order chi connectivity index (χ0) is 10.2. The maximum atomic E-state index is 12.5. The van der Waals surface area contributed by atoms with Crippen LogP contribution in [0.5, 0.6) is 0 Å². The third-order valence-electron chi connectivity index (χ3n) is 1.24. The molecule has 1 aromatic carbocycles. The molecule has 0 amide bonds. The summed E-state index contributed by atoms with van der Waals surface area (Å²) in [6.07, 6.45) is 0. The van der Waals surface area contributed by atoms with Gasteiger partial charge in [0.15, 0.2) is 11.6 Å². The van der Waals surface area contributed by atoms with Gasteiger partial charge in [0.1, 0.15) is 4.90 Å². The minimum Gasteiger partial charge on any atom is -0.204 e. The van der Waals surface area contributed by atoms with E-state index < -0.39 is 31.8 Å². The van der Waals surface area contributed by atoms with Crippen molar-refractivity contribution in [3.63, 3.8) is 0 Å². The van der Waals surface area contributed by atoms with Gasteiger partial charge < -0.3 is 0 Å². The normalized spacial score (nSPS) is 11.7. The van der Waals surface area contributed by atoms with Crippen LogP contribution in [0.1, 0.15) is 0 Å². The van der Waals surface area contributed by atoms with Crippen LogP contribution < -0.4 is 0 Å². The molecule has 7 heteroatoms. The topological polar surface area (TPSA) is 34.1 Å². The predicted octanol–water partition coefficient (Wildman–Crippen LogP) is 2.28. The van der Waals surface area contributed by atoms with Crippen LogP contribution in [-0.4, -0.2) is 8.42 Å². The molecule has 72 valence electrons. The van der Waals surface area contributed by atoms with Crippen molar-refractivity contribution in [3.8, 4) is 0 Å². The third-order valence-corrected chi connectivity index (χ3v) is 2.31. The molecule has 0 aliphatic rings. The highest BCUT2D eigenvalue weighted by molar-refractivity contribution is 7.86. The van der Waals surface area contributed by atoms with Crippen molar-refractivity contribution in [2.45, 2.75) is 4.90 Å². The first kappa shape index (κ1) is 10.3. The van der Waals surface area contributed by atoms with Crippen molar-refractivity contribution < 1.29 is 21.1 Å². The molecule has 1 aromatic rings. The lowest BCUT2D eigenvalue weighted by molar-refractivity contribution is 0.503. The first-order valence-electron chi connectivity index (χ1n) is 2.91. The summed E-state index contributed by atoms with van der Waals surface area (Å²) in [5, 5.41) is -0.781. The molecule has 0 aromatic heterocycles. The number of rotatable bonds is 1. The van der Waals surface area contributed by atoms with E-state index in [0.717, 1.165) is 0 Å². The second-order valence-electron chi connectivity index (χ2n) is 2.14. The first-order valence-corrected chi connectivity index (χ1v) is 4.67. The van der Waals surface area contributed by atoms with Crippen molar-refractivity contribution in [2.75, 3.05) is 0 Å². The Labute approximate surface area is 77.2 Å². The Hall–Kier alpha value is -0.750. The molecular weight excluding hydrogens is 229 g/mol. The Morgan fingerprint density at radius 3 is 2.15 bits per heavy atom. The minimum absolute atomic E-state index is 0.219. The fraction of sp³-hybridized carbons (Fsp3) is 0. The van der Waals surface area contributed by atoms with E-state index in [4.69, 9.17) is 11.6 Å². The fourth-order valence-corrected chi connectivity index (χ4v) is 1.45. The van der Waals surface area contributed by atoms with Crippen LogP contribution in [0.4, 0.5) is 12.7 Å². The fourth-order valence-electron chi connectivity index (χ4n) is 0.673. The lowest BCUT2D eigenvalue weighted by Gasteiger charge is -1.98. The van der Waals surface area contributed by atoms with Crippen molar-refractivity contribution >= 4 is 21.8 Å². The SMILES string of the molecule is O=S(=O)(F)c1cc(F)c(F)c(Cl)c1. The van der Waals surface area contributed by atoms with Gasteiger partial charge in [-0.1, -0.05) is 11.6 Å². The van der Waals surface area contributed by atoms with Gasteiger partial charge in [-0.05, 0) is 12.1 Å². The van der Waals surface area contributed by atoms with Gasteiger partial charge >= 0.3 is 10.2 Å². The van der Waals surface area contributed by atoms with Crippen molar-refractivity contribution in [3.05, 3.63) is 28.8 Å². The number of halogens is 4. The van der Waals surface area contributed by atoms with E-state index in [1.165, 1.54) is 0 Å². The second-order valence-corrected chi connectivity index (χ2v) is 3.89. The van der Waals surface area contributed by atoms with E-state index in [-0.39, 0.29) is 6.07 Å². The molecule has 1 rings (SSSR count). The van der Waals surface area contributed by atoms with Crippen LogP contribution in [0, 0.1) is 11.6 Å². The number of hydrogen-bond acceptors (Lipinski definition) is 2. The molecule has 2 nitrogen and oxygen atoms in total. The maximum absolute atomic E-state index is 12.5. The summed E-state index contributed by atoms with van der Waals surface area (Å²) in [6.45, 7) is 0. The van der Waals surface area contributed by atoms with E-state index in [1.54, 1.807) is 0 Å². The molecule has 0 aliphatic carbocycles. The molecule has 0 atom stereocenters. The van der Waals surface area contributed by atoms with Gasteiger partial charge in [-0.3, -0.25) is 0 Å². The molecule has 0 saturated heterocycles. The lowest BCUT2D eigenvalue weighted by atomic mass is 10.3. The average molecular weight is 231 g/mol. The summed E-state index contributed by atoms with van der Waals surface area (Å²) in [5.41, 5.74) is 0. The van der Waals surface area contributed by atoms with Crippen LogP contribution in [0.2, 0.25) is 5.02 Å².